The maximum atomic E-state index is 15.3. The van der Waals surface area contributed by atoms with Gasteiger partial charge in [-0.3, -0.25) is 19.2 Å². The summed E-state index contributed by atoms with van der Waals surface area (Å²) in [7, 11) is 0. The summed E-state index contributed by atoms with van der Waals surface area (Å²) in [5.41, 5.74) is 5.44. The molecule has 3 N–H and O–H groups in total. The molecule has 0 radical (unpaired) electrons. The molecule has 0 bridgehead atoms. The number of carbonyl (C=O) groups is 4. The fraction of sp³-hybridized carbons (Fsp3) is 0.632. The molecule has 12 rings (SSSR count). The number of anilines is 2. The van der Waals surface area contributed by atoms with Gasteiger partial charge < -0.3 is 44.6 Å². The quantitative estimate of drug-likeness (QED) is 0.136. The number of aromatic nitrogens is 4. The normalized spacial score (nSPS) is 28.3. The molecule has 4 amide bonds. The van der Waals surface area contributed by atoms with E-state index in [4.69, 9.17) is 14.7 Å². The van der Waals surface area contributed by atoms with Crippen molar-refractivity contribution in [2.45, 2.75) is 178 Å². The summed E-state index contributed by atoms with van der Waals surface area (Å²) in [5.74, 6) is 1.33. The molecule has 2 unspecified atom stereocenters. The van der Waals surface area contributed by atoms with Crippen molar-refractivity contribution in [1.29, 1.82) is 0 Å². The molecule has 4 saturated heterocycles. The number of ether oxygens (including phenoxy) is 1. The standard InChI is InChI=1S/C57H74N10O6/c1-35(2)66-34-59-46-32-45(61-51(50(46)66)60-39-11-12-39)37-9-16-44-47(29-37)67(41-30-40(31-41)63-23-5-4-6-24-63)55(72)57(44)21-27-65(28-22-57)54(71)56(3)19-25-64(26-20-56)53(70)36-7-13-42(14-8-36)73-49-18-10-38(33-58-49)43-15-17-48(68)62-52(43)69/h9-10,16,18,29,32-36,39-43,48,68H,4-8,11-15,17,19-28,30-31H2,1-3H3,(H,60,61)(H,62,69). The lowest BCUT2D eigenvalue weighted by Gasteiger charge is -2.48. The number of pyridine rings is 2. The lowest BCUT2D eigenvalue weighted by molar-refractivity contribution is -0.150. The van der Waals surface area contributed by atoms with E-state index in [0.29, 0.717) is 82.7 Å². The first-order valence-corrected chi connectivity index (χ1v) is 27.9. The second-order valence-corrected chi connectivity index (χ2v) is 23.6. The number of aliphatic hydroxyl groups excluding tert-OH is 1. The van der Waals surface area contributed by atoms with Gasteiger partial charge in [-0.05, 0) is 153 Å². The molecule has 5 aliphatic heterocycles. The predicted octanol–water partition coefficient (Wildman–Crippen LogP) is 7.45. The van der Waals surface area contributed by atoms with Crippen molar-refractivity contribution in [1.82, 2.24) is 39.5 Å². The number of imidazole rings is 1. The number of piperidine rings is 4. The molecule has 73 heavy (non-hydrogen) atoms. The van der Waals surface area contributed by atoms with Crippen molar-refractivity contribution in [3.05, 3.63) is 60.0 Å². The molecule has 8 heterocycles. The second-order valence-electron chi connectivity index (χ2n) is 23.6. The zero-order chi connectivity index (χ0) is 50.2. The van der Waals surface area contributed by atoms with Crippen molar-refractivity contribution in [2.24, 2.45) is 11.3 Å². The van der Waals surface area contributed by atoms with Gasteiger partial charge in [0.25, 0.3) is 0 Å². The van der Waals surface area contributed by atoms with Gasteiger partial charge in [-0.15, -0.1) is 0 Å². The van der Waals surface area contributed by atoms with Crippen LogP contribution in [0.15, 0.2) is 48.9 Å². The van der Waals surface area contributed by atoms with E-state index in [1.165, 1.54) is 19.3 Å². The lowest BCUT2D eigenvalue weighted by Crippen LogP contribution is -2.59. The van der Waals surface area contributed by atoms with Crippen molar-refractivity contribution in [2.75, 3.05) is 49.5 Å². The molecule has 8 aliphatic rings. The maximum absolute atomic E-state index is 15.3. The van der Waals surface area contributed by atoms with Crippen molar-refractivity contribution in [3.63, 3.8) is 0 Å². The van der Waals surface area contributed by atoms with Crippen LogP contribution in [0.4, 0.5) is 11.5 Å². The second kappa shape index (κ2) is 19.3. The fourth-order valence-corrected chi connectivity index (χ4v) is 13.6. The van der Waals surface area contributed by atoms with Gasteiger partial charge in [0.05, 0.1) is 28.9 Å². The summed E-state index contributed by atoms with van der Waals surface area (Å²) < 4.78 is 8.43. The molecular weight excluding hydrogens is 921 g/mol. The van der Waals surface area contributed by atoms with Crippen molar-refractivity contribution < 1.29 is 29.0 Å². The molecule has 3 saturated carbocycles. The van der Waals surface area contributed by atoms with Gasteiger partial charge in [0.2, 0.25) is 29.5 Å². The highest BCUT2D eigenvalue weighted by Gasteiger charge is 2.56. The summed E-state index contributed by atoms with van der Waals surface area (Å²) in [4.78, 5) is 79.6. The predicted molar refractivity (Wildman–Crippen MR) is 278 cm³/mol. The maximum Gasteiger partial charge on any atom is 0.238 e. The van der Waals surface area contributed by atoms with Gasteiger partial charge in [0, 0.05) is 85.2 Å². The Morgan fingerprint density at radius 1 is 0.822 bits per heavy atom. The Bertz CT molecular complexity index is 2740. The number of hydrogen-bond acceptors (Lipinski definition) is 11. The van der Waals surface area contributed by atoms with Gasteiger partial charge in [-0.1, -0.05) is 31.5 Å². The molecule has 4 aromatic rings. The van der Waals surface area contributed by atoms with Gasteiger partial charge >= 0.3 is 0 Å². The number of carbonyl (C=O) groups excluding carboxylic acids is 4. The van der Waals surface area contributed by atoms with Crippen LogP contribution in [0.1, 0.15) is 153 Å². The number of nitrogens with one attached hydrogen (secondary N) is 2. The Balaban J connectivity index is 0.691. The van der Waals surface area contributed by atoms with E-state index in [1.807, 2.05) is 28.3 Å². The first-order chi connectivity index (χ1) is 35.3. The topological polar surface area (TPSA) is 178 Å². The number of nitrogens with zero attached hydrogens (tertiary/aromatic N) is 8. The molecule has 3 aromatic heterocycles. The molecule has 16 nitrogen and oxygen atoms in total. The third-order valence-corrected chi connectivity index (χ3v) is 18.5. The highest BCUT2D eigenvalue weighted by Crippen LogP contribution is 2.53. The first-order valence-electron chi connectivity index (χ1n) is 27.9. The van der Waals surface area contributed by atoms with E-state index in [2.05, 4.69) is 75.0 Å². The number of likely N-dealkylation sites (tertiary alicyclic amines) is 3. The average molecular weight is 995 g/mol. The number of amides is 4. The van der Waals surface area contributed by atoms with Crippen LogP contribution in [0, 0.1) is 11.3 Å². The van der Waals surface area contributed by atoms with E-state index in [1.54, 1.807) is 6.20 Å². The molecule has 16 heteroatoms. The molecule has 7 fully saturated rings. The Labute approximate surface area is 429 Å². The van der Waals surface area contributed by atoms with E-state index in [0.717, 1.165) is 109 Å². The van der Waals surface area contributed by atoms with Crippen LogP contribution in [-0.4, -0.2) is 133 Å². The molecule has 2 atom stereocenters. The number of benzene rings is 1. The van der Waals surface area contributed by atoms with Gasteiger partial charge in [-0.25, -0.2) is 15.0 Å². The Hall–Kier alpha value is -5.61. The molecule has 388 valence electrons. The molecule has 1 aromatic carbocycles. The molecule has 1 spiro atoms. The fourth-order valence-electron chi connectivity index (χ4n) is 13.6. The number of aliphatic hydroxyl groups is 1. The number of hydrogen-bond donors (Lipinski definition) is 3. The summed E-state index contributed by atoms with van der Waals surface area (Å²) in [5, 5.41) is 16.0. The van der Waals surface area contributed by atoms with Gasteiger partial charge in [0.1, 0.15) is 17.8 Å². The monoisotopic (exact) mass is 995 g/mol. The minimum Gasteiger partial charge on any atom is -0.474 e. The van der Waals surface area contributed by atoms with Crippen LogP contribution in [0.25, 0.3) is 22.3 Å². The van der Waals surface area contributed by atoms with Crippen LogP contribution in [0.5, 0.6) is 5.88 Å². The zero-order valence-electron chi connectivity index (χ0n) is 43.1. The Morgan fingerprint density at radius 2 is 1.56 bits per heavy atom. The minimum absolute atomic E-state index is 0.0352. The zero-order valence-corrected chi connectivity index (χ0v) is 43.1. The Morgan fingerprint density at radius 3 is 2.25 bits per heavy atom. The van der Waals surface area contributed by atoms with Crippen LogP contribution in [-0.2, 0) is 24.6 Å². The SMILES string of the molecule is CC(C)n1cnc2cc(-c3ccc4c(c3)N(C3CC(N5CCCCC5)C3)C(=O)C43CCN(C(=O)C4(C)CCN(C(=O)C5CCC(Oc6ccc(C7CCC(O)NC7=O)cn6)CC5)CC4)CC3)nc(NC3CC3)c21. The van der Waals surface area contributed by atoms with Crippen molar-refractivity contribution in [3.8, 4) is 17.1 Å². The summed E-state index contributed by atoms with van der Waals surface area (Å²) in [6.45, 7) is 10.9. The first kappa shape index (κ1) is 48.3. The summed E-state index contributed by atoms with van der Waals surface area (Å²) in [6.07, 6.45) is 17.3. The summed E-state index contributed by atoms with van der Waals surface area (Å²) >= 11 is 0. The summed E-state index contributed by atoms with van der Waals surface area (Å²) in [6, 6.07) is 13.7. The highest BCUT2D eigenvalue weighted by atomic mass is 16.5. The van der Waals surface area contributed by atoms with E-state index >= 15 is 4.79 Å². The van der Waals surface area contributed by atoms with Gasteiger partial charge in [-0.2, -0.15) is 0 Å². The molecular formula is C57H74N10O6. The van der Waals surface area contributed by atoms with Crippen LogP contribution in [0.3, 0.4) is 0 Å². The number of fused-ring (bicyclic) bond motifs is 3. The van der Waals surface area contributed by atoms with Crippen LogP contribution >= 0.6 is 0 Å². The van der Waals surface area contributed by atoms with E-state index in [9.17, 15) is 19.5 Å². The van der Waals surface area contributed by atoms with Crippen molar-refractivity contribution >= 4 is 46.2 Å². The minimum atomic E-state index is -0.791. The van der Waals surface area contributed by atoms with Crippen LogP contribution < -0.4 is 20.3 Å². The van der Waals surface area contributed by atoms with Gasteiger partial charge in [0.15, 0.2) is 5.82 Å². The molecule has 3 aliphatic carbocycles. The highest BCUT2D eigenvalue weighted by molar-refractivity contribution is 6.09. The smallest absolute Gasteiger partial charge is 0.238 e. The third-order valence-electron chi connectivity index (χ3n) is 18.5. The number of rotatable bonds is 11. The van der Waals surface area contributed by atoms with Crippen LogP contribution in [0.2, 0.25) is 0 Å². The van der Waals surface area contributed by atoms with E-state index in [-0.39, 0.29) is 53.7 Å². The largest absolute Gasteiger partial charge is 0.474 e. The average Bonchev–Trinajstić information content (AvgIpc) is 4.06. The Kier molecular flexibility index (Phi) is 12.8. The third kappa shape index (κ3) is 9.05. The van der Waals surface area contributed by atoms with E-state index < -0.39 is 17.1 Å². The lowest BCUT2D eigenvalue weighted by atomic mass is 9.72.